The molecule has 1 atom stereocenters. The van der Waals surface area contributed by atoms with Crippen LogP contribution in [0.5, 0.6) is 0 Å². The Hall–Kier alpha value is -1.79. The van der Waals surface area contributed by atoms with Gasteiger partial charge in [0.05, 0.1) is 0 Å². The van der Waals surface area contributed by atoms with Crippen molar-refractivity contribution in [1.82, 2.24) is 15.5 Å². The Labute approximate surface area is 150 Å². The zero-order valence-corrected chi connectivity index (χ0v) is 15.0. The monoisotopic (exact) mass is 371 g/mol. The molecule has 1 aliphatic rings. The van der Waals surface area contributed by atoms with Crippen LogP contribution >= 0.6 is 23.2 Å². The first-order chi connectivity index (χ1) is 11.3. The van der Waals surface area contributed by atoms with E-state index in [4.69, 9.17) is 23.2 Å². The van der Waals surface area contributed by atoms with Gasteiger partial charge in [0, 0.05) is 22.2 Å². The van der Waals surface area contributed by atoms with Crippen molar-refractivity contribution >= 4 is 41.0 Å². The SMILES string of the molecule is CCCCNC(=O)CN1C(=O)N[C@@](C)(c2ccc(Cl)cc2Cl)C1=O. The average molecular weight is 372 g/mol. The third-order valence-corrected chi connectivity index (χ3v) is 4.45. The summed E-state index contributed by atoms with van der Waals surface area (Å²) in [6, 6.07) is 4.06. The maximum absolute atomic E-state index is 12.7. The Morgan fingerprint density at radius 2 is 2.04 bits per heavy atom. The molecule has 1 aromatic carbocycles. The number of urea groups is 1. The van der Waals surface area contributed by atoms with Crippen LogP contribution in [0.1, 0.15) is 32.3 Å². The molecule has 1 aromatic rings. The van der Waals surface area contributed by atoms with Crippen LogP contribution in [0, 0.1) is 0 Å². The minimum absolute atomic E-state index is 0.271. The largest absolute Gasteiger partial charge is 0.355 e. The van der Waals surface area contributed by atoms with Crippen molar-refractivity contribution < 1.29 is 14.4 Å². The Morgan fingerprint density at radius 1 is 1.33 bits per heavy atom. The van der Waals surface area contributed by atoms with Crippen molar-refractivity contribution in [3.63, 3.8) is 0 Å². The van der Waals surface area contributed by atoms with Crippen molar-refractivity contribution in [3.05, 3.63) is 33.8 Å². The Bertz CT molecular complexity index is 681. The van der Waals surface area contributed by atoms with Crippen LogP contribution in [0.25, 0.3) is 0 Å². The van der Waals surface area contributed by atoms with E-state index in [1.54, 1.807) is 19.1 Å². The van der Waals surface area contributed by atoms with E-state index in [-0.39, 0.29) is 17.5 Å². The van der Waals surface area contributed by atoms with Crippen molar-refractivity contribution in [3.8, 4) is 0 Å². The number of imide groups is 1. The summed E-state index contributed by atoms with van der Waals surface area (Å²) < 4.78 is 0. The summed E-state index contributed by atoms with van der Waals surface area (Å²) in [5.74, 6) is -0.902. The molecule has 0 spiro atoms. The highest BCUT2D eigenvalue weighted by Crippen LogP contribution is 2.34. The lowest BCUT2D eigenvalue weighted by Gasteiger charge is -2.23. The van der Waals surface area contributed by atoms with E-state index in [0.29, 0.717) is 17.1 Å². The van der Waals surface area contributed by atoms with E-state index in [0.717, 1.165) is 17.7 Å². The second-order valence-electron chi connectivity index (χ2n) is 5.77. The number of amides is 4. The molecule has 0 radical (unpaired) electrons. The second-order valence-corrected chi connectivity index (χ2v) is 6.62. The lowest BCUT2D eigenvalue weighted by Crippen LogP contribution is -2.43. The number of unbranched alkanes of at least 4 members (excludes halogenated alkanes) is 1. The van der Waals surface area contributed by atoms with Crippen molar-refractivity contribution in [2.45, 2.75) is 32.2 Å². The fraction of sp³-hybridized carbons (Fsp3) is 0.438. The first kappa shape index (κ1) is 18.5. The van der Waals surface area contributed by atoms with Crippen LogP contribution in [0.3, 0.4) is 0 Å². The molecule has 0 aromatic heterocycles. The summed E-state index contributed by atoms with van der Waals surface area (Å²) >= 11 is 12.0. The van der Waals surface area contributed by atoms with E-state index < -0.39 is 17.5 Å². The van der Waals surface area contributed by atoms with Gasteiger partial charge in [-0.2, -0.15) is 0 Å². The smallest absolute Gasteiger partial charge is 0.325 e. The van der Waals surface area contributed by atoms with Crippen LogP contribution in [0.2, 0.25) is 10.0 Å². The fourth-order valence-electron chi connectivity index (χ4n) is 2.52. The molecule has 4 amide bonds. The number of rotatable bonds is 6. The summed E-state index contributed by atoms with van der Waals surface area (Å²) in [6.45, 7) is 3.75. The number of carbonyl (C=O) groups excluding carboxylic acids is 3. The first-order valence-electron chi connectivity index (χ1n) is 7.66. The quantitative estimate of drug-likeness (QED) is 0.595. The highest BCUT2D eigenvalue weighted by Gasteiger charge is 2.50. The van der Waals surface area contributed by atoms with Gasteiger partial charge in [-0.05, 0) is 25.5 Å². The third kappa shape index (κ3) is 3.65. The molecule has 1 saturated heterocycles. The molecule has 1 fully saturated rings. The fourth-order valence-corrected chi connectivity index (χ4v) is 3.12. The van der Waals surface area contributed by atoms with Gasteiger partial charge >= 0.3 is 6.03 Å². The summed E-state index contributed by atoms with van der Waals surface area (Å²) in [5, 5.41) is 5.99. The Morgan fingerprint density at radius 3 is 2.67 bits per heavy atom. The van der Waals surface area contributed by atoms with Gasteiger partial charge < -0.3 is 10.6 Å². The van der Waals surface area contributed by atoms with Gasteiger partial charge in [0.25, 0.3) is 5.91 Å². The van der Waals surface area contributed by atoms with Crippen molar-refractivity contribution in [1.29, 1.82) is 0 Å². The highest BCUT2D eigenvalue weighted by molar-refractivity contribution is 6.35. The number of benzene rings is 1. The zero-order chi connectivity index (χ0) is 17.9. The molecule has 1 heterocycles. The van der Waals surface area contributed by atoms with Gasteiger partial charge in [0.15, 0.2) is 0 Å². The van der Waals surface area contributed by atoms with E-state index >= 15 is 0 Å². The van der Waals surface area contributed by atoms with Gasteiger partial charge in [-0.15, -0.1) is 0 Å². The summed E-state index contributed by atoms with van der Waals surface area (Å²) in [6.07, 6.45) is 1.78. The summed E-state index contributed by atoms with van der Waals surface area (Å²) in [4.78, 5) is 37.7. The number of hydrogen-bond acceptors (Lipinski definition) is 3. The maximum Gasteiger partial charge on any atom is 0.325 e. The molecule has 0 aliphatic carbocycles. The van der Waals surface area contributed by atoms with Crippen LogP contribution in [0.15, 0.2) is 18.2 Å². The normalized spacial score (nSPS) is 20.2. The zero-order valence-electron chi connectivity index (χ0n) is 13.5. The molecule has 0 saturated carbocycles. The number of nitrogens with zero attached hydrogens (tertiary/aromatic N) is 1. The predicted octanol–water partition coefficient (Wildman–Crippen LogP) is 2.68. The molecule has 2 rings (SSSR count). The van der Waals surface area contributed by atoms with Gasteiger partial charge in [-0.3, -0.25) is 14.5 Å². The molecule has 8 heteroatoms. The Balaban J connectivity index is 2.17. The standard InChI is InChI=1S/C16H19Cl2N3O3/c1-3-4-7-19-13(22)9-21-14(23)16(2,20-15(21)24)11-6-5-10(17)8-12(11)18/h5-6,8H,3-4,7,9H2,1-2H3,(H,19,22)(H,20,24)/t16-/m0/s1. The number of carbonyl (C=O) groups is 3. The van der Waals surface area contributed by atoms with Gasteiger partial charge in [-0.25, -0.2) is 4.79 Å². The summed E-state index contributed by atoms with van der Waals surface area (Å²) in [7, 11) is 0. The minimum atomic E-state index is -1.33. The van der Waals surface area contributed by atoms with E-state index in [1.165, 1.54) is 6.07 Å². The highest BCUT2D eigenvalue weighted by atomic mass is 35.5. The minimum Gasteiger partial charge on any atom is -0.355 e. The topological polar surface area (TPSA) is 78.5 Å². The van der Waals surface area contributed by atoms with Gasteiger partial charge in [0.1, 0.15) is 12.1 Å². The number of hydrogen-bond donors (Lipinski definition) is 2. The maximum atomic E-state index is 12.7. The van der Waals surface area contributed by atoms with Gasteiger partial charge in [0.2, 0.25) is 5.91 Å². The Kier molecular flexibility index (Phi) is 5.72. The predicted molar refractivity (Wildman–Crippen MR) is 92.0 cm³/mol. The van der Waals surface area contributed by atoms with Crippen LogP contribution in [-0.4, -0.2) is 35.8 Å². The van der Waals surface area contributed by atoms with E-state index in [1.807, 2.05) is 6.92 Å². The lowest BCUT2D eigenvalue weighted by molar-refractivity contribution is -0.134. The first-order valence-corrected chi connectivity index (χ1v) is 8.41. The second kappa shape index (κ2) is 7.40. The molecular weight excluding hydrogens is 353 g/mol. The van der Waals surface area contributed by atoms with Crippen LogP contribution in [-0.2, 0) is 15.1 Å². The molecule has 130 valence electrons. The molecule has 0 unspecified atom stereocenters. The van der Waals surface area contributed by atoms with E-state index in [9.17, 15) is 14.4 Å². The number of halogens is 2. The number of nitrogens with one attached hydrogen (secondary N) is 2. The molecule has 6 nitrogen and oxygen atoms in total. The van der Waals surface area contributed by atoms with E-state index in [2.05, 4.69) is 10.6 Å². The third-order valence-electron chi connectivity index (χ3n) is 3.90. The van der Waals surface area contributed by atoms with Crippen LogP contribution in [0.4, 0.5) is 4.79 Å². The molecule has 1 aliphatic heterocycles. The van der Waals surface area contributed by atoms with Gasteiger partial charge in [-0.1, -0.05) is 42.6 Å². The lowest BCUT2D eigenvalue weighted by atomic mass is 9.92. The van der Waals surface area contributed by atoms with Crippen molar-refractivity contribution in [2.24, 2.45) is 0 Å². The van der Waals surface area contributed by atoms with Crippen LogP contribution < -0.4 is 10.6 Å². The summed E-state index contributed by atoms with van der Waals surface area (Å²) in [5.41, 5.74) is -0.900. The van der Waals surface area contributed by atoms with Crippen molar-refractivity contribution in [2.75, 3.05) is 13.1 Å². The molecule has 0 bridgehead atoms. The molecular formula is C16H19Cl2N3O3. The molecule has 2 N–H and O–H groups in total. The average Bonchev–Trinajstić information content (AvgIpc) is 2.71. The molecule has 24 heavy (non-hydrogen) atoms.